The standard InChI is InChI=1S/C15H11Cl2IN2O3/c16-10-2-4-14(11(17)6-10)23-8-15(22)20-19-7-9-1-3-13(21)12(18)5-9/h1-7,21H,8H2,(H,20,22)/b19-7+. The number of phenolic OH excluding ortho intramolecular Hbond substituents is 1. The van der Waals surface area contributed by atoms with Crippen molar-refractivity contribution in [3.8, 4) is 11.5 Å². The van der Waals surface area contributed by atoms with E-state index in [9.17, 15) is 9.90 Å². The van der Waals surface area contributed by atoms with Gasteiger partial charge in [0.25, 0.3) is 5.91 Å². The Kier molecular flexibility index (Phi) is 6.49. The fourth-order valence-electron chi connectivity index (χ4n) is 1.55. The number of hydrogen-bond donors (Lipinski definition) is 2. The third-order valence-electron chi connectivity index (χ3n) is 2.63. The number of hydrogen-bond acceptors (Lipinski definition) is 4. The zero-order valence-corrected chi connectivity index (χ0v) is 15.3. The van der Waals surface area contributed by atoms with E-state index in [0.717, 1.165) is 5.56 Å². The lowest BCUT2D eigenvalue weighted by Crippen LogP contribution is -2.24. The molecule has 0 saturated heterocycles. The number of carbonyl (C=O) groups excluding carboxylic acids is 1. The number of hydrazone groups is 1. The topological polar surface area (TPSA) is 70.9 Å². The van der Waals surface area contributed by atoms with Crippen molar-refractivity contribution < 1.29 is 14.6 Å². The molecule has 0 aliphatic carbocycles. The number of ether oxygens (including phenoxy) is 1. The van der Waals surface area contributed by atoms with Crippen LogP contribution in [0.1, 0.15) is 5.56 Å². The van der Waals surface area contributed by atoms with Gasteiger partial charge in [-0.2, -0.15) is 5.10 Å². The maximum absolute atomic E-state index is 11.6. The minimum absolute atomic E-state index is 0.194. The van der Waals surface area contributed by atoms with Gasteiger partial charge in [-0.25, -0.2) is 5.43 Å². The van der Waals surface area contributed by atoms with Gasteiger partial charge in [-0.15, -0.1) is 0 Å². The summed E-state index contributed by atoms with van der Waals surface area (Å²) in [6.07, 6.45) is 1.47. The van der Waals surface area contributed by atoms with E-state index < -0.39 is 5.91 Å². The fourth-order valence-corrected chi connectivity index (χ4v) is 2.55. The smallest absolute Gasteiger partial charge is 0.277 e. The first-order chi connectivity index (χ1) is 11.0. The predicted octanol–water partition coefficient (Wildman–Crippen LogP) is 3.83. The first kappa shape index (κ1) is 17.8. The van der Waals surface area contributed by atoms with Gasteiger partial charge >= 0.3 is 0 Å². The Morgan fingerprint density at radius 2 is 2.09 bits per heavy atom. The number of carbonyl (C=O) groups is 1. The molecule has 2 aromatic carbocycles. The van der Waals surface area contributed by atoms with Gasteiger partial charge < -0.3 is 9.84 Å². The Labute approximate surface area is 156 Å². The molecule has 0 aliphatic heterocycles. The summed E-state index contributed by atoms with van der Waals surface area (Å²) < 4.78 is 5.97. The van der Waals surface area contributed by atoms with Crippen LogP contribution in [-0.2, 0) is 4.79 Å². The Bertz CT molecular complexity index is 753. The number of rotatable bonds is 5. The highest BCUT2D eigenvalue weighted by atomic mass is 127. The lowest BCUT2D eigenvalue weighted by atomic mass is 10.2. The summed E-state index contributed by atoms with van der Waals surface area (Å²) in [6, 6.07) is 9.69. The Balaban J connectivity index is 1.85. The SMILES string of the molecule is O=C(COc1ccc(Cl)cc1Cl)N/N=C/c1ccc(O)c(I)c1. The van der Waals surface area contributed by atoms with E-state index in [1.54, 1.807) is 30.3 Å². The van der Waals surface area contributed by atoms with Crippen LogP contribution in [0.2, 0.25) is 10.0 Å². The minimum Gasteiger partial charge on any atom is -0.507 e. The van der Waals surface area contributed by atoms with E-state index in [0.29, 0.717) is 19.4 Å². The van der Waals surface area contributed by atoms with Gasteiger partial charge in [0.05, 0.1) is 14.8 Å². The Hall–Kier alpha value is -1.51. The lowest BCUT2D eigenvalue weighted by molar-refractivity contribution is -0.123. The third-order valence-corrected chi connectivity index (χ3v) is 4.02. The summed E-state index contributed by atoms with van der Waals surface area (Å²) in [5, 5.41) is 14.0. The molecule has 0 unspecified atom stereocenters. The molecular weight excluding hydrogens is 454 g/mol. The van der Waals surface area contributed by atoms with Gasteiger partial charge in [0.2, 0.25) is 0 Å². The summed E-state index contributed by atoms with van der Waals surface area (Å²) in [5.74, 6) is 0.129. The van der Waals surface area contributed by atoms with Gasteiger partial charge in [-0.3, -0.25) is 4.79 Å². The number of halogens is 3. The van der Waals surface area contributed by atoms with Crippen LogP contribution in [0.15, 0.2) is 41.5 Å². The highest BCUT2D eigenvalue weighted by molar-refractivity contribution is 14.1. The molecule has 0 saturated carbocycles. The van der Waals surface area contributed by atoms with Crippen LogP contribution in [0.3, 0.4) is 0 Å². The van der Waals surface area contributed by atoms with Crippen molar-refractivity contribution in [2.24, 2.45) is 5.10 Å². The molecule has 2 N–H and O–H groups in total. The highest BCUT2D eigenvalue weighted by Gasteiger charge is 2.05. The van der Waals surface area contributed by atoms with Crippen LogP contribution in [0.4, 0.5) is 0 Å². The summed E-state index contributed by atoms with van der Waals surface area (Å²) >= 11 is 13.7. The first-order valence-electron chi connectivity index (χ1n) is 6.34. The summed E-state index contributed by atoms with van der Waals surface area (Å²) in [7, 11) is 0. The molecule has 0 bridgehead atoms. The third kappa shape index (κ3) is 5.56. The number of phenols is 1. The zero-order valence-electron chi connectivity index (χ0n) is 11.6. The molecule has 0 aliphatic rings. The highest BCUT2D eigenvalue weighted by Crippen LogP contribution is 2.27. The average Bonchev–Trinajstić information content (AvgIpc) is 2.50. The number of nitrogens with zero attached hydrogens (tertiary/aromatic N) is 1. The van der Waals surface area contributed by atoms with E-state index in [1.165, 1.54) is 12.3 Å². The molecule has 0 heterocycles. The molecule has 8 heteroatoms. The van der Waals surface area contributed by atoms with Crippen LogP contribution < -0.4 is 10.2 Å². The molecule has 2 rings (SSSR count). The second kappa shape index (κ2) is 8.37. The van der Waals surface area contributed by atoms with E-state index in [-0.39, 0.29) is 12.4 Å². The van der Waals surface area contributed by atoms with E-state index >= 15 is 0 Å². The van der Waals surface area contributed by atoms with Crippen molar-refractivity contribution in [3.63, 3.8) is 0 Å². The van der Waals surface area contributed by atoms with E-state index in [1.807, 2.05) is 22.6 Å². The molecular formula is C15H11Cl2IN2O3. The normalized spacial score (nSPS) is 10.7. The number of amides is 1. The molecule has 1 amide bonds. The predicted molar refractivity (Wildman–Crippen MR) is 98.5 cm³/mol. The average molecular weight is 465 g/mol. The lowest BCUT2D eigenvalue weighted by Gasteiger charge is -2.07. The second-order valence-corrected chi connectivity index (χ2v) is 6.37. The van der Waals surface area contributed by atoms with Crippen LogP contribution >= 0.6 is 45.8 Å². The van der Waals surface area contributed by atoms with Gasteiger partial charge in [0.1, 0.15) is 11.5 Å². The molecule has 23 heavy (non-hydrogen) atoms. The number of aromatic hydroxyl groups is 1. The molecule has 120 valence electrons. The molecule has 0 atom stereocenters. The van der Waals surface area contributed by atoms with Gasteiger partial charge in [-0.1, -0.05) is 23.2 Å². The van der Waals surface area contributed by atoms with Gasteiger partial charge in [0, 0.05) is 5.02 Å². The molecule has 0 spiro atoms. The first-order valence-corrected chi connectivity index (χ1v) is 8.17. The molecule has 2 aromatic rings. The Morgan fingerprint density at radius 3 is 2.78 bits per heavy atom. The number of benzene rings is 2. The van der Waals surface area contributed by atoms with Crippen molar-refractivity contribution in [1.82, 2.24) is 5.43 Å². The monoisotopic (exact) mass is 464 g/mol. The number of nitrogens with one attached hydrogen (secondary N) is 1. The van der Waals surface area contributed by atoms with Crippen molar-refractivity contribution in [2.75, 3.05) is 6.61 Å². The van der Waals surface area contributed by atoms with E-state index in [2.05, 4.69) is 10.5 Å². The molecule has 0 aromatic heterocycles. The minimum atomic E-state index is -0.430. The van der Waals surface area contributed by atoms with Crippen molar-refractivity contribution in [1.29, 1.82) is 0 Å². The van der Waals surface area contributed by atoms with Crippen molar-refractivity contribution >= 4 is 57.9 Å². The summed E-state index contributed by atoms with van der Waals surface area (Å²) in [4.78, 5) is 11.6. The second-order valence-electron chi connectivity index (χ2n) is 4.37. The Morgan fingerprint density at radius 1 is 1.30 bits per heavy atom. The summed E-state index contributed by atoms with van der Waals surface area (Å²) in [5.41, 5.74) is 3.08. The van der Waals surface area contributed by atoms with Crippen LogP contribution in [-0.4, -0.2) is 23.8 Å². The van der Waals surface area contributed by atoms with Gasteiger partial charge in [-0.05, 0) is 64.6 Å². The van der Waals surface area contributed by atoms with Crippen molar-refractivity contribution in [3.05, 3.63) is 55.6 Å². The van der Waals surface area contributed by atoms with Crippen LogP contribution in [0.25, 0.3) is 0 Å². The summed E-state index contributed by atoms with van der Waals surface area (Å²) in [6.45, 7) is -0.230. The van der Waals surface area contributed by atoms with Crippen LogP contribution in [0, 0.1) is 3.57 Å². The quantitative estimate of drug-likeness (QED) is 0.401. The largest absolute Gasteiger partial charge is 0.507 e. The molecule has 0 fully saturated rings. The van der Waals surface area contributed by atoms with Gasteiger partial charge in [0.15, 0.2) is 6.61 Å². The maximum atomic E-state index is 11.6. The molecule has 0 radical (unpaired) electrons. The van der Waals surface area contributed by atoms with Crippen LogP contribution in [0.5, 0.6) is 11.5 Å². The zero-order chi connectivity index (χ0) is 16.8. The van der Waals surface area contributed by atoms with E-state index in [4.69, 9.17) is 27.9 Å². The maximum Gasteiger partial charge on any atom is 0.277 e. The van der Waals surface area contributed by atoms with Crippen molar-refractivity contribution in [2.45, 2.75) is 0 Å². The molecule has 5 nitrogen and oxygen atoms in total. The fraction of sp³-hybridized carbons (Fsp3) is 0.0667.